The molecule has 0 saturated heterocycles. The number of hydrogen-bond acceptors (Lipinski definition) is 12. The van der Waals surface area contributed by atoms with Gasteiger partial charge in [0.1, 0.15) is 0 Å². The molecule has 12 heteroatoms. The van der Waals surface area contributed by atoms with Crippen LogP contribution in [0.4, 0.5) is 0 Å². The quantitative estimate of drug-likeness (QED) is 0.0312. The lowest BCUT2D eigenvalue weighted by Crippen LogP contribution is -2.39. The molecule has 0 N–H and O–H groups in total. The average molecular weight is 909 g/mol. The Morgan fingerprint density at radius 1 is 0.409 bits per heavy atom. The predicted molar refractivity (Wildman–Crippen MR) is 256 cm³/mol. The lowest BCUT2D eigenvalue weighted by atomic mass is 9.96. The Kier molecular flexibility index (Phi) is 29.0. The Hall–Kier alpha value is -5.54. The van der Waals surface area contributed by atoms with Crippen molar-refractivity contribution in [2.24, 2.45) is 0 Å². The maximum absolute atomic E-state index is 12.7. The van der Waals surface area contributed by atoms with Gasteiger partial charge in [-0.3, -0.25) is 19.2 Å². The standard InChI is InChI=1S/C16H16O3.C16H24O3.C12H16O3.C10H12O3/c1-18-16(19-2,14-11-7-4-8-12-14)15(17)13-9-5-3-6-10-13;1-3-5-12-18-16(19-13-6-4-2)15(17)14-10-8-7-9-11-14;1-3-14-12(15-4-2)11(13)10-8-6-5-7-9-10;1-12-10(13-2)9(11)8-6-4-3-5-7-8/h3-12H,1-2H3;7-11,16H,3-6,12-13H2,1-2H3;5-9,12H,3-4H2,1-2H3;3-7,10H,1-2H3. The monoisotopic (exact) mass is 908 g/mol. The number of ketones is 4. The summed E-state index contributed by atoms with van der Waals surface area (Å²) in [4.78, 5) is 48.4. The van der Waals surface area contributed by atoms with Crippen molar-refractivity contribution in [1.82, 2.24) is 0 Å². The van der Waals surface area contributed by atoms with E-state index in [9.17, 15) is 19.2 Å². The van der Waals surface area contributed by atoms with Crippen LogP contribution < -0.4 is 0 Å². The van der Waals surface area contributed by atoms with Crippen LogP contribution in [0.1, 0.15) is 100 Å². The number of ether oxygens (including phenoxy) is 8. The van der Waals surface area contributed by atoms with Gasteiger partial charge in [-0.25, -0.2) is 0 Å². The van der Waals surface area contributed by atoms with Crippen LogP contribution in [0.25, 0.3) is 0 Å². The van der Waals surface area contributed by atoms with E-state index in [0.717, 1.165) is 25.7 Å². The summed E-state index contributed by atoms with van der Waals surface area (Å²) >= 11 is 0. The molecule has 5 rings (SSSR count). The second-order valence-electron chi connectivity index (χ2n) is 14.1. The third-order valence-corrected chi connectivity index (χ3v) is 9.48. The Morgan fingerprint density at radius 2 is 0.712 bits per heavy atom. The van der Waals surface area contributed by atoms with Crippen molar-refractivity contribution < 1.29 is 57.1 Å². The number of rotatable bonds is 25. The molecule has 0 amide bonds. The molecule has 0 aromatic heterocycles. The zero-order chi connectivity index (χ0) is 48.4. The first-order chi connectivity index (χ1) is 32.1. The number of carbonyl (C=O) groups is 4. The van der Waals surface area contributed by atoms with Crippen LogP contribution in [0.2, 0.25) is 0 Å². The zero-order valence-electron chi connectivity index (χ0n) is 39.7. The molecule has 0 atom stereocenters. The lowest BCUT2D eigenvalue weighted by Gasteiger charge is -2.29. The molecule has 0 aliphatic heterocycles. The fourth-order valence-corrected chi connectivity index (χ4v) is 5.97. The molecule has 0 heterocycles. The highest BCUT2D eigenvalue weighted by Crippen LogP contribution is 2.30. The predicted octanol–water partition coefficient (Wildman–Crippen LogP) is 10.6. The normalized spacial score (nSPS) is 10.8. The summed E-state index contributed by atoms with van der Waals surface area (Å²) in [7, 11) is 5.82. The highest BCUT2D eigenvalue weighted by Gasteiger charge is 2.41. The van der Waals surface area contributed by atoms with E-state index in [2.05, 4.69) is 13.8 Å². The molecule has 12 nitrogen and oxygen atoms in total. The van der Waals surface area contributed by atoms with Crippen molar-refractivity contribution in [1.29, 1.82) is 0 Å². The molecule has 0 unspecified atom stereocenters. The molecule has 0 fully saturated rings. The highest BCUT2D eigenvalue weighted by molar-refractivity contribution is 6.02. The first-order valence-electron chi connectivity index (χ1n) is 22.2. The Bertz CT molecular complexity index is 2010. The third kappa shape index (κ3) is 19.1. The second kappa shape index (κ2) is 33.9. The minimum absolute atomic E-state index is 0.0900. The number of methoxy groups -OCH3 is 4. The van der Waals surface area contributed by atoms with Crippen molar-refractivity contribution >= 4 is 23.1 Å². The first kappa shape index (κ1) is 56.6. The Balaban J connectivity index is 0.000000306. The minimum Gasteiger partial charge on any atom is -0.349 e. The zero-order valence-corrected chi connectivity index (χ0v) is 39.7. The van der Waals surface area contributed by atoms with Gasteiger partial charge in [0.2, 0.25) is 42.0 Å². The van der Waals surface area contributed by atoms with Crippen molar-refractivity contribution in [2.75, 3.05) is 54.9 Å². The summed E-state index contributed by atoms with van der Waals surface area (Å²) in [6.45, 7) is 9.91. The van der Waals surface area contributed by atoms with E-state index in [4.69, 9.17) is 37.9 Å². The SMILES string of the molecule is CCCCOC(OCCCC)C(=O)c1ccccc1.CCOC(OCC)C(=O)c1ccccc1.COC(OC)(C(=O)c1ccccc1)c1ccccc1.COC(OC)C(=O)c1ccccc1. The number of benzene rings is 5. The van der Waals surface area contributed by atoms with E-state index >= 15 is 0 Å². The molecular formula is C54H68O12. The number of carbonyl (C=O) groups excluding carboxylic acids is 4. The highest BCUT2D eigenvalue weighted by atomic mass is 16.7. The molecule has 0 aliphatic carbocycles. The minimum atomic E-state index is -1.40. The van der Waals surface area contributed by atoms with Crippen molar-refractivity contribution in [3.05, 3.63) is 179 Å². The van der Waals surface area contributed by atoms with Crippen LogP contribution in [0.3, 0.4) is 0 Å². The maximum Gasteiger partial charge on any atom is 0.260 e. The van der Waals surface area contributed by atoms with Gasteiger partial charge in [-0.2, -0.15) is 0 Å². The molecule has 5 aromatic carbocycles. The summed E-state index contributed by atoms with van der Waals surface area (Å²) in [6, 6.07) is 45.3. The summed E-state index contributed by atoms with van der Waals surface area (Å²) in [5.41, 5.74) is 3.07. The van der Waals surface area contributed by atoms with Crippen LogP contribution in [0, 0.1) is 0 Å². The molecule has 0 aliphatic rings. The summed E-state index contributed by atoms with van der Waals surface area (Å²) in [5, 5.41) is 0. The Morgan fingerprint density at radius 3 is 1.02 bits per heavy atom. The first-order valence-corrected chi connectivity index (χ1v) is 22.2. The lowest BCUT2D eigenvalue weighted by molar-refractivity contribution is -0.176. The second-order valence-corrected chi connectivity index (χ2v) is 14.1. The fraction of sp³-hybridized carbons (Fsp3) is 0.370. The fourth-order valence-electron chi connectivity index (χ4n) is 5.97. The van der Waals surface area contributed by atoms with E-state index in [1.54, 1.807) is 60.7 Å². The third-order valence-electron chi connectivity index (χ3n) is 9.48. The largest absolute Gasteiger partial charge is 0.349 e. The molecule has 356 valence electrons. The van der Waals surface area contributed by atoms with Crippen molar-refractivity contribution in [3.63, 3.8) is 0 Å². The van der Waals surface area contributed by atoms with Gasteiger partial charge in [-0.1, -0.05) is 178 Å². The van der Waals surface area contributed by atoms with E-state index in [-0.39, 0.29) is 23.1 Å². The number of Topliss-reactive ketones (excluding diaryl/α,β-unsaturated/α-hetero) is 4. The maximum atomic E-state index is 12.7. The van der Waals surface area contributed by atoms with E-state index in [1.165, 1.54) is 28.4 Å². The van der Waals surface area contributed by atoms with E-state index < -0.39 is 24.7 Å². The van der Waals surface area contributed by atoms with Gasteiger partial charge in [0.15, 0.2) is 0 Å². The van der Waals surface area contributed by atoms with Gasteiger partial charge in [0, 0.05) is 69.5 Å². The molecule has 66 heavy (non-hydrogen) atoms. The van der Waals surface area contributed by atoms with Gasteiger partial charge in [0.05, 0.1) is 13.2 Å². The van der Waals surface area contributed by atoms with Gasteiger partial charge < -0.3 is 37.9 Å². The van der Waals surface area contributed by atoms with Crippen LogP contribution in [-0.4, -0.2) is 96.9 Å². The molecule has 0 spiro atoms. The Labute approximate surface area is 391 Å². The number of hydrogen-bond donors (Lipinski definition) is 0. The van der Waals surface area contributed by atoms with Crippen LogP contribution >= 0.6 is 0 Å². The van der Waals surface area contributed by atoms with Gasteiger partial charge in [-0.15, -0.1) is 0 Å². The smallest absolute Gasteiger partial charge is 0.260 e. The van der Waals surface area contributed by atoms with Crippen molar-refractivity contribution in [3.8, 4) is 0 Å². The molecule has 0 bridgehead atoms. The van der Waals surface area contributed by atoms with Crippen LogP contribution in [0.15, 0.2) is 152 Å². The average Bonchev–Trinajstić information content (AvgIpc) is 3.38. The van der Waals surface area contributed by atoms with Gasteiger partial charge in [0.25, 0.3) is 5.79 Å². The summed E-state index contributed by atoms with van der Waals surface area (Å²) in [6.07, 6.45) is 1.62. The van der Waals surface area contributed by atoms with Crippen molar-refractivity contribution in [2.45, 2.75) is 78.0 Å². The van der Waals surface area contributed by atoms with Crippen LogP contribution in [0.5, 0.6) is 0 Å². The summed E-state index contributed by atoms with van der Waals surface area (Å²) < 4.78 is 42.1. The summed E-state index contributed by atoms with van der Waals surface area (Å²) in [5.74, 6) is -2.00. The van der Waals surface area contributed by atoms with Gasteiger partial charge in [-0.05, 0) is 26.7 Å². The topological polar surface area (TPSA) is 142 Å². The van der Waals surface area contributed by atoms with E-state index in [1.807, 2.05) is 105 Å². The van der Waals surface area contributed by atoms with Gasteiger partial charge >= 0.3 is 0 Å². The van der Waals surface area contributed by atoms with Crippen LogP contribution in [-0.2, 0) is 43.7 Å². The van der Waals surface area contributed by atoms with E-state index in [0.29, 0.717) is 54.2 Å². The molecule has 5 aromatic rings. The molecule has 0 saturated carbocycles. The number of unbranched alkanes of at least 4 members (excludes halogenated alkanes) is 2. The molecular weight excluding hydrogens is 841 g/mol. The molecule has 0 radical (unpaired) electrons.